The maximum Gasteiger partial charge on any atom is 0.251 e. The van der Waals surface area contributed by atoms with Gasteiger partial charge in [-0.1, -0.05) is 24.3 Å². The van der Waals surface area contributed by atoms with Crippen molar-refractivity contribution < 1.29 is 13.2 Å². The molecule has 0 aliphatic heterocycles. The first-order valence-corrected chi connectivity index (χ1v) is 11.6. The summed E-state index contributed by atoms with van der Waals surface area (Å²) in [5.74, 6) is 0.0363. The maximum absolute atomic E-state index is 12.9. The van der Waals surface area contributed by atoms with Gasteiger partial charge < -0.3 is 4.90 Å². The number of aryl methyl sites for hydroxylation is 1. The first-order chi connectivity index (χ1) is 12.8. The van der Waals surface area contributed by atoms with Crippen molar-refractivity contribution in [1.82, 2.24) is 9.62 Å². The molecule has 0 radical (unpaired) electrons. The first kappa shape index (κ1) is 22.6. The molecule has 5 nitrogen and oxygen atoms in total. The summed E-state index contributed by atoms with van der Waals surface area (Å²) in [4.78, 5) is 14.5. The maximum atomic E-state index is 12.9. The molecular weight excluding hydrogens is 392 g/mol. The number of benzene rings is 1. The minimum atomic E-state index is -3.61. The summed E-state index contributed by atoms with van der Waals surface area (Å²) in [7, 11) is -3.61. The van der Waals surface area contributed by atoms with E-state index in [0.29, 0.717) is 16.3 Å². The molecule has 1 heterocycles. The van der Waals surface area contributed by atoms with Crippen molar-refractivity contribution in [2.75, 3.05) is 0 Å². The number of nitrogens with zero attached hydrogens (tertiary/aromatic N) is 1. The molecule has 1 amide bonds. The van der Waals surface area contributed by atoms with Crippen LogP contribution in [-0.4, -0.2) is 30.8 Å². The van der Waals surface area contributed by atoms with Crippen molar-refractivity contribution in [3.8, 4) is 11.1 Å². The van der Waals surface area contributed by atoms with E-state index in [1.165, 1.54) is 11.3 Å². The van der Waals surface area contributed by atoms with Crippen LogP contribution in [-0.2, 0) is 21.4 Å². The number of amides is 1. The Labute approximate surface area is 172 Å². The number of sulfonamides is 1. The van der Waals surface area contributed by atoms with E-state index in [2.05, 4.69) is 4.72 Å². The van der Waals surface area contributed by atoms with Gasteiger partial charge in [0.2, 0.25) is 5.91 Å². The largest absolute Gasteiger partial charge is 0.336 e. The van der Waals surface area contributed by atoms with E-state index in [-0.39, 0.29) is 11.9 Å². The molecule has 1 aromatic heterocycles. The first-order valence-electron chi connectivity index (χ1n) is 9.31. The summed E-state index contributed by atoms with van der Waals surface area (Å²) < 4.78 is 28.8. The number of hydrogen-bond donors (Lipinski definition) is 1. The summed E-state index contributed by atoms with van der Waals surface area (Å²) in [5.41, 5.74) is 2.02. The van der Waals surface area contributed by atoms with Crippen LogP contribution < -0.4 is 4.72 Å². The van der Waals surface area contributed by atoms with E-state index in [1.807, 2.05) is 71.9 Å². The van der Waals surface area contributed by atoms with E-state index in [9.17, 15) is 13.2 Å². The van der Waals surface area contributed by atoms with Crippen molar-refractivity contribution in [3.63, 3.8) is 0 Å². The zero-order valence-electron chi connectivity index (χ0n) is 17.7. The summed E-state index contributed by atoms with van der Waals surface area (Å²) in [6.07, 6.45) is 0. The van der Waals surface area contributed by atoms with Crippen molar-refractivity contribution in [1.29, 1.82) is 0 Å². The number of carbonyl (C=O) groups excluding carboxylic acids is 1. The average molecular weight is 423 g/mol. The Morgan fingerprint density at radius 1 is 1.18 bits per heavy atom. The molecule has 7 heteroatoms. The molecule has 0 fully saturated rings. The van der Waals surface area contributed by atoms with Gasteiger partial charge in [-0.05, 0) is 58.7 Å². The average Bonchev–Trinajstić information content (AvgIpc) is 2.93. The van der Waals surface area contributed by atoms with Crippen molar-refractivity contribution in [2.24, 2.45) is 0 Å². The molecule has 154 valence electrons. The standard InChI is InChI=1S/C21H30N2O3S2/c1-14(2)23(16(4)24)13-17-8-10-18(11-9-17)19-12-15(3)27-20(19)28(25,26)22-21(5,6)7/h8-12,14,22H,13H2,1-7H3. The van der Waals surface area contributed by atoms with Gasteiger partial charge in [0, 0.05) is 35.5 Å². The van der Waals surface area contributed by atoms with Gasteiger partial charge in [0.15, 0.2) is 0 Å². The second kappa shape index (κ2) is 8.35. The van der Waals surface area contributed by atoms with E-state index in [1.54, 1.807) is 11.8 Å². The molecule has 2 rings (SSSR count). The Morgan fingerprint density at radius 3 is 2.21 bits per heavy atom. The second-order valence-electron chi connectivity index (χ2n) is 8.35. The Morgan fingerprint density at radius 2 is 1.75 bits per heavy atom. The van der Waals surface area contributed by atoms with Crippen LogP contribution in [0.3, 0.4) is 0 Å². The number of hydrogen-bond acceptors (Lipinski definition) is 4. The van der Waals surface area contributed by atoms with Crippen LogP contribution in [0.15, 0.2) is 34.5 Å². The van der Waals surface area contributed by atoms with Gasteiger partial charge in [0.05, 0.1) is 0 Å². The highest BCUT2D eigenvalue weighted by Gasteiger charge is 2.27. The predicted octanol–water partition coefficient (Wildman–Crippen LogP) is 4.56. The fraction of sp³-hybridized carbons (Fsp3) is 0.476. The molecule has 0 saturated heterocycles. The number of carbonyl (C=O) groups is 1. The Kier molecular flexibility index (Phi) is 6.74. The molecule has 0 aliphatic rings. The number of thiophene rings is 1. The molecule has 2 aromatic rings. The van der Waals surface area contributed by atoms with E-state index in [0.717, 1.165) is 16.0 Å². The van der Waals surface area contributed by atoms with Crippen LogP contribution in [0.5, 0.6) is 0 Å². The minimum Gasteiger partial charge on any atom is -0.336 e. The highest BCUT2D eigenvalue weighted by Crippen LogP contribution is 2.35. The summed E-state index contributed by atoms with van der Waals surface area (Å²) in [6.45, 7) is 13.5. The van der Waals surface area contributed by atoms with Gasteiger partial charge in [-0.25, -0.2) is 13.1 Å². The van der Waals surface area contributed by atoms with Gasteiger partial charge in [0.1, 0.15) is 4.21 Å². The fourth-order valence-corrected chi connectivity index (χ4v) is 6.07. The quantitative estimate of drug-likeness (QED) is 0.742. The second-order valence-corrected chi connectivity index (χ2v) is 11.5. The fourth-order valence-electron chi connectivity index (χ4n) is 2.99. The summed E-state index contributed by atoms with van der Waals surface area (Å²) >= 11 is 1.28. The third kappa shape index (κ3) is 5.65. The predicted molar refractivity (Wildman–Crippen MR) is 116 cm³/mol. The lowest BCUT2D eigenvalue weighted by molar-refractivity contribution is -0.131. The third-order valence-corrected chi connectivity index (χ3v) is 7.49. The lowest BCUT2D eigenvalue weighted by atomic mass is 10.1. The molecule has 1 aromatic carbocycles. The highest BCUT2D eigenvalue weighted by atomic mass is 32.2. The SMILES string of the molecule is CC(=O)N(Cc1ccc(-c2cc(C)sc2S(=O)(=O)NC(C)(C)C)cc1)C(C)C. The lowest BCUT2D eigenvalue weighted by Crippen LogP contribution is -2.40. The van der Waals surface area contributed by atoms with Gasteiger partial charge >= 0.3 is 0 Å². The van der Waals surface area contributed by atoms with Crippen LogP contribution in [0.2, 0.25) is 0 Å². The van der Waals surface area contributed by atoms with Crippen LogP contribution in [0.1, 0.15) is 52.0 Å². The Balaban J connectivity index is 2.36. The highest BCUT2D eigenvalue weighted by molar-refractivity contribution is 7.91. The topological polar surface area (TPSA) is 66.5 Å². The molecule has 0 aliphatic carbocycles. The molecule has 0 unspecified atom stereocenters. The smallest absolute Gasteiger partial charge is 0.251 e. The molecule has 28 heavy (non-hydrogen) atoms. The summed E-state index contributed by atoms with van der Waals surface area (Å²) in [5, 5.41) is 0. The van der Waals surface area contributed by atoms with E-state index >= 15 is 0 Å². The van der Waals surface area contributed by atoms with Gasteiger partial charge in [0.25, 0.3) is 10.0 Å². The molecule has 1 N–H and O–H groups in total. The normalized spacial score (nSPS) is 12.4. The Bertz CT molecular complexity index is 937. The zero-order valence-corrected chi connectivity index (χ0v) is 19.3. The molecule has 0 saturated carbocycles. The van der Waals surface area contributed by atoms with Crippen molar-refractivity contribution in [3.05, 3.63) is 40.8 Å². The van der Waals surface area contributed by atoms with E-state index < -0.39 is 15.6 Å². The van der Waals surface area contributed by atoms with Crippen LogP contribution in [0, 0.1) is 6.92 Å². The monoisotopic (exact) mass is 422 g/mol. The van der Waals surface area contributed by atoms with Crippen LogP contribution in [0.4, 0.5) is 0 Å². The van der Waals surface area contributed by atoms with E-state index in [4.69, 9.17) is 0 Å². The molecule has 0 atom stereocenters. The minimum absolute atomic E-state index is 0.0363. The van der Waals surface area contributed by atoms with Crippen LogP contribution >= 0.6 is 11.3 Å². The van der Waals surface area contributed by atoms with Crippen molar-refractivity contribution >= 4 is 27.3 Å². The number of rotatable bonds is 6. The van der Waals surface area contributed by atoms with Gasteiger partial charge in [-0.15, -0.1) is 11.3 Å². The Hall–Kier alpha value is -1.70. The molecule has 0 spiro atoms. The van der Waals surface area contributed by atoms with Gasteiger partial charge in [-0.3, -0.25) is 4.79 Å². The summed E-state index contributed by atoms with van der Waals surface area (Å²) in [6, 6.07) is 9.78. The number of nitrogens with one attached hydrogen (secondary N) is 1. The van der Waals surface area contributed by atoms with Crippen molar-refractivity contribution in [2.45, 2.75) is 70.8 Å². The third-order valence-electron chi connectivity index (χ3n) is 4.15. The molecule has 0 bridgehead atoms. The zero-order chi connectivity index (χ0) is 21.3. The lowest BCUT2D eigenvalue weighted by Gasteiger charge is -2.25. The van der Waals surface area contributed by atoms with Gasteiger partial charge in [-0.2, -0.15) is 0 Å². The van der Waals surface area contributed by atoms with Crippen LogP contribution in [0.25, 0.3) is 11.1 Å². The molecular formula is C21H30N2O3S2.